The lowest BCUT2D eigenvalue weighted by Crippen LogP contribution is -2.59. The molecular formula is C29H44N6O7. The van der Waals surface area contributed by atoms with E-state index in [0.29, 0.717) is 25.9 Å². The molecule has 2 heterocycles. The summed E-state index contributed by atoms with van der Waals surface area (Å²) in [5.41, 5.74) is 5.40. The molecule has 1 aliphatic carbocycles. The van der Waals surface area contributed by atoms with Crippen LogP contribution in [0.1, 0.15) is 66.7 Å². The average molecular weight is 589 g/mol. The van der Waals surface area contributed by atoms with Crippen molar-refractivity contribution >= 4 is 41.1 Å². The summed E-state index contributed by atoms with van der Waals surface area (Å²) < 4.78 is 0. The molecule has 3 fully saturated rings. The number of nitrogens with zero attached hydrogens (tertiary/aromatic N) is 1. The van der Waals surface area contributed by atoms with Gasteiger partial charge in [0.2, 0.25) is 23.5 Å². The first kappa shape index (κ1) is 32.7. The average Bonchev–Trinajstić information content (AvgIpc) is 3.61. The second-order valence-electron chi connectivity index (χ2n) is 12.3. The van der Waals surface area contributed by atoms with Crippen molar-refractivity contribution in [2.24, 2.45) is 29.4 Å². The van der Waals surface area contributed by atoms with Crippen molar-refractivity contribution in [1.82, 2.24) is 26.2 Å². The number of likely N-dealkylation sites (tertiary alicyclic amines) is 1. The monoisotopic (exact) mass is 588 g/mol. The molecule has 3 rings (SSSR count). The smallest absolute Gasteiger partial charge is 0.289 e. The fraction of sp³-hybridized carbons (Fsp3) is 0.690. The number of ketones is 2. The fourth-order valence-corrected chi connectivity index (χ4v) is 6.20. The van der Waals surface area contributed by atoms with Gasteiger partial charge in [0.15, 0.2) is 5.78 Å². The highest BCUT2D eigenvalue weighted by Gasteiger charge is 2.51. The molecular weight excluding hydrogens is 544 g/mol. The predicted octanol–water partition coefficient (Wildman–Crippen LogP) is -0.709. The molecule has 1 saturated carbocycles. The first-order valence-electron chi connectivity index (χ1n) is 14.7. The van der Waals surface area contributed by atoms with E-state index in [1.807, 2.05) is 0 Å². The number of carbonyl (C=O) groups excluding carboxylic acids is 7. The number of fused-ring (bicyclic) bond motifs is 1. The van der Waals surface area contributed by atoms with Crippen LogP contribution in [-0.2, 0) is 33.6 Å². The lowest BCUT2D eigenvalue weighted by atomic mass is 9.91. The summed E-state index contributed by atoms with van der Waals surface area (Å²) in [5, 5.41) is 10.6. The summed E-state index contributed by atoms with van der Waals surface area (Å²) in [5.74, 6) is -5.18. The summed E-state index contributed by atoms with van der Waals surface area (Å²) >= 11 is 0. The van der Waals surface area contributed by atoms with Crippen LogP contribution in [0.5, 0.6) is 0 Å². The first-order valence-corrected chi connectivity index (χ1v) is 14.7. The lowest BCUT2D eigenvalue weighted by Gasteiger charge is -2.33. The molecule has 5 amide bonds. The summed E-state index contributed by atoms with van der Waals surface area (Å²) in [7, 11) is 0. The molecule has 6 N–H and O–H groups in total. The van der Waals surface area contributed by atoms with E-state index < -0.39 is 59.2 Å². The van der Waals surface area contributed by atoms with Crippen molar-refractivity contribution in [3.8, 4) is 0 Å². The van der Waals surface area contributed by atoms with Gasteiger partial charge in [-0.1, -0.05) is 20.3 Å². The molecule has 0 bridgehead atoms. The molecule has 6 unspecified atom stereocenters. The van der Waals surface area contributed by atoms with Gasteiger partial charge in [-0.3, -0.25) is 33.6 Å². The molecule has 0 aromatic heterocycles. The van der Waals surface area contributed by atoms with Crippen LogP contribution in [0.2, 0.25) is 0 Å². The number of Topliss-reactive ketones (excluding diaryl/α,β-unsaturated/α-hetero) is 1. The van der Waals surface area contributed by atoms with Crippen LogP contribution in [0.4, 0.5) is 0 Å². The zero-order valence-corrected chi connectivity index (χ0v) is 25.0. The van der Waals surface area contributed by atoms with Gasteiger partial charge in [-0.05, 0) is 64.2 Å². The largest absolute Gasteiger partial charge is 0.394 e. The van der Waals surface area contributed by atoms with Gasteiger partial charge in [0.05, 0.1) is 6.04 Å². The maximum atomic E-state index is 13.9. The summed E-state index contributed by atoms with van der Waals surface area (Å²) in [6.45, 7) is 8.90. The highest BCUT2D eigenvalue weighted by molar-refractivity contribution is 6.38. The third kappa shape index (κ3) is 7.74. The maximum absolute atomic E-state index is 13.9. The normalized spacial score (nSPS) is 25.1. The molecule has 232 valence electrons. The summed E-state index contributed by atoms with van der Waals surface area (Å²) in [4.78, 5) is 91.5. The first-order chi connectivity index (χ1) is 19.7. The molecule has 13 nitrogen and oxygen atoms in total. The van der Waals surface area contributed by atoms with Crippen molar-refractivity contribution in [2.45, 2.75) is 90.9 Å². The van der Waals surface area contributed by atoms with E-state index in [9.17, 15) is 33.6 Å². The molecule has 6 atom stereocenters. The van der Waals surface area contributed by atoms with Crippen LogP contribution >= 0.6 is 0 Å². The Morgan fingerprint density at radius 3 is 2.26 bits per heavy atom. The Bertz CT molecular complexity index is 1150. The minimum Gasteiger partial charge on any atom is -0.394 e. The van der Waals surface area contributed by atoms with Crippen LogP contribution in [0, 0.1) is 23.7 Å². The van der Waals surface area contributed by atoms with Gasteiger partial charge in [0.25, 0.3) is 11.8 Å². The highest BCUT2D eigenvalue weighted by Crippen LogP contribution is 2.42. The Kier molecular flexibility index (Phi) is 10.9. The van der Waals surface area contributed by atoms with Crippen molar-refractivity contribution < 1.29 is 33.6 Å². The van der Waals surface area contributed by atoms with Gasteiger partial charge >= 0.3 is 0 Å². The predicted molar refractivity (Wildman–Crippen MR) is 152 cm³/mol. The number of nitrogens with one attached hydrogen (secondary N) is 4. The quantitative estimate of drug-likeness (QED) is 0.146. The Hall–Kier alpha value is -3.77. The molecule has 13 heteroatoms. The number of carbonyl (C=O) groups is 7. The Morgan fingerprint density at radius 1 is 1.00 bits per heavy atom. The summed E-state index contributed by atoms with van der Waals surface area (Å²) in [6, 6.07) is -3.51. The maximum Gasteiger partial charge on any atom is 0.289 e. The van der Waals surface area contributed by atoms with E-state index >= 15 is 0 Å². The third-order valence-electron chi connectivity index (χ3n) is 8.24. The molecule has 2 aliphatic heterocycles. The topological polar surface area (TPSA) is 197 Å². The highest BCUT2D eigenvalue weighted by atomic mass is 16.2. The van der Waals surface area contributed by atoms with Gasteiger partial charge in [-0.15, -0.1) is 0 Å². The van der Waals surface area contributed by atoms with E-state index in [0.717, 1.165) is 18.9 Å². The standard InChI is InChI=1S/C29H44N6O7/c1-14(2)22(34-26(39)20(30)11-16(5)36)29(42)35-13-18-7-6-8-19(18)23(35)27(40)33-21(12-17-9-10-31-25(17)38)24(37)28(41)32-15(3)4/h11,14-15,17-19,21-23H,6-10,12-13,30H2,1-5H3,(H,31,38)(H,32,41)(H,33,40)(H,34,39)/b20-11-. The van der Waals surface area contributed by atoms with Crippen molar-refractivity contribution in [3.05, 3.63) is 11.8 Å². The van der Waals surface area contributed by atoms with Gasteiger partial charge in [-0.25, -0.2) is 0 Å². The van der Waals surface area contributed by atoms with E-state index in [4.69, 9.17) is 5.73 Å². The molecule has 0 aromatic carbocycles. The SMILES string of the molecule is CC(=O)/C=C(\N)C(=O)NC(C(=O)N1CC2CCCC2C1C(=O)NC(CC1CCNC1=O)C(=O)C(=O)NC(C)C)C(C)C. The Balaban J connectivity index is 1.86. The van der Waals surface area contributed by atoms with Crippen molar-refractivity contribution in [2.75, 3.05) is 13.1 Å². The minimum atomic E-state index is -1.25. The number of hydrogen-bond donors (Lipinski definition) is 5. The van der Waals surface area contributed by atoms with Crippen molar-refractivity contribution in [1.29, 1.82) is 0 Å². The number of nitrogens with two attached hydrogens (primary N) is 1. The zero-order chi connectivity index (χ0) is 31.3. The van der Waals surface area contributed by atoms with Crippen LogP contribution in [0.25, 0.3) is 0 Å². The second kappa shape index (κ2) is 13.9. The van der Waals surface area contributed by atoms with Gasteiger partial charge in [-0.2, -0.15) is 0 Å². The van der Waals surface area contributed by atoms with Crippen LogP contribution in [0.15, 0.2) is 11.8 Å². The van der Waals surface area contributed by atoms with Crippen LogP contribution in [0.3, 0.4) is 0 Å². The molecule has 2 saturated heterocycles. The zero-order valence-electron chi connectivity index (χ0n) is 25.0. The van der Waals surface area contributed by atoms with Gasteiger partial charge in [0, 0.05) is 31.1 Å². The number of allylic oxidation sites excluding steroid dienone is 1. The third-order valence-corrected chi connectivity index (χ3v) is 8.24. The molecule has 0 aromatic rings. The number of amides is 5. The number of hydrogen-bond acceptors (Lipinski definition) is 8. The fourth-order valence-electron chi connectivity index (χ4n) is 6.20. The molecule has 0 radical (unpaired) electrons. The second-order valence-corrected chi connectivity index (χ2v) is 12.3. The lowest BCUT2D eigenvalue weighted by molar-refractivity contribution is -0.145. The Morgan fingerprint density at radius 2 is 1.69 bits per heavy atom. The van der Waals surface area contributed by atoms with E-state index in [1.54, 1.807) is 27.7 Å². The van der Waals surface area contributed by atoms with E-state index in [1.165, 1.54) is 11.8 Å². The van der Waals surface area contributed by atoms with Crippen LogP contribution < -0.4 is 27.0 Å². The van der Waals surface area contributed by atoms with Gasteiger partial charge in [0.1, 0.15) is 17.8 Å². The van der Waals surface area contributed by atoms with E-state index in [-0.39, 0.29) is 41.8 Å². The number of rotatable bonds is 12. The Labute approximate surface area is 246 Å². The molecule has 0 spiro atoms. The molecule has 42 heavy (non-hydrogen) atoms. The van der Waals surface area contributed by atoms with E-state index in [2.05, 4.69) is 21.3 Å². The van der Waals surface area contributed by atoms with Crippen molar-refractivity contribution in [3.63, 3.8) is 0 Å². The van der Waals surface area contributed by atoms with Crippen LogP contribution in [-0.4, -0.2) is 83.3 Å². The summed E-state index contributed by atoms with van der Waals surface area (Å²) in [6.07, 6.45) is 3.83. The minimum absolute atomic E-state index is 0.0386. The van der Waals surface area contributed by atoms with Gasteiger partial charge < -0.3 is 31.9 Å². The molecule has 3 aliphatic rings.